The molecule has 6 heteroatoms. The van der Waals surface area contributed by atoms with Crippen molar-refractivity contribution >= 4 is 30.0 Å². The number of hydrogen-bond acceptors (Lipinski definition) is 3. The predicted octanol–water partition coefficient (Wildman–Crippen LogP) is 1.59. The summed E-state index contributed by atoms with van der Waals surface area (Å²) in [4.78, 5) is 10.5. The van der Waals surface area contributed by atoms with Crippen molar-refractivity contribution in [2.75, 3.05) is 0 Å². The molecule has 0 aliphatic rings. The molecule has 0 fully saturated rings. The lowest BCUT2D eigenvalue weighted by atomic mass is 10.1. The van der Waals surface area contributed by atoms with Crippen LogP contribution in [-0.4, -0.2) is 17.1 Å². The number of nitrogens with zero attached hydrogens (tertiary/aromatic N) is 1. The van der Waals surface area contributed by atoms with Crippen LogP contribution in [0.1, 0.15) is 11.1 Å². The number of rotatable bonds is 3. The molecule has 0 unspecified atom stereocenters. The van der Waals surface area contributed by atoms with E-state index in [4.69, 9.17) is 27.7 Å². The van der Waals surface area contributed by atoms with Gasteiger partial charge in [0.2, 0.25) is 0 Å². The molecule has 0 saturated carbocycles. The van der Waals surface area contributed by atoms with E-state index >= 15 is 0 Å². The van der Waals surface area contributed by atoms with Gasteiger partial charge in [0.15, 0.2) is 0 Å². The van der Waals surface area contributed by atoms with Crippen LogP contribution >= 0.6 is 24.0 Å². The number of aliphatic carboxylic acids is 1. The van der Waals surface area contributed by atoms with Crippen LogP contribution in [0.25, 0.3) is 0 Å². The minimum absolute atomic E-state index is 0. The fraction of sp³-hybridized carbons (Fsp3) is 0.200. The first-order chi connectivity index (χ1) is 7.04. The third kappa shape index (κ3) is 3.70. The normalized spacial score (nSPS) is 11.1. The quantitative estimate of drug-likeness (QED) is 0.864. The van der Waals surface area contributed by atoms with Crippen molar-refractivity contribution in [3.63, 3.8) is 0 Å². The average Bonchev–Trinajstić information content (AvgIpc) is 2.18. The summed E-state index contributed by atoms with van der Waals surface area (Å²) in [5, 5.41) is 17.5. The number of halogens is 2. The molecule has 1 aromatic rings. The lowest BCUT2D eigenvalue weighted by molar-refractivity contribution is -0.138. The molecule has 0 heterocycles. The van der Waals surface area contributed by atoms with Crippen molar-refractivity contribution in [1.82, 2.24) is 0 Å². The second kappa shape index (κ2) is 6.33. The highest BCUT2D eigenvalue weighted by Crippen LogP contribution is 2.17. The monoisotopic (exact) mass is 260 g/mol. The topological polar surface area (TPSA) is 87.1 Å². The van der Waals surface area contributed by atoms with Crippen LogP contribution < -0.4 is 5.73 Å². The molecule has 3 N–H and O–H groups in total. The molecule has 1 rings (SSSR count). The van der Waals surface area contributed by atoms with Gasteiger partial charge in [0.1, 0.15) is 12.1 Å². The van der Waals surface area contributed by atoms with Crippen LogP contribution in [0.2, 0.25) is 5.02 Å². The SMILES string of the molecule is Cl.N#Cc1ccc(C[C@H](N)C(=O)O)cc1Cl. The Bertz CT molecular complexity index is 429. The number of nitrogens with two attached hydrogens (primary N) is 1. The summed E-state index contributed by atoms with van der Waals surface area (Å²) < 4.78 is 0. The molecular formula is C10H10Cl2N2O2. The molecule has 0 radical (unpaired) electrons. The Morgan fingerprint density at radius 1 is 1.62 bits per heavy atom. The van der Waals surface area contributed by atoms with Gasteiger partial charge in [0.05, 0.1) is 10.6 Å². The standard InChI is InChI=1S/C10H9ClN2O2.ClH/c11-8-3-6(1-2-7(8)5-12)4-9(13)10(14)15;/h1-3,9H,4,13H2,(H,14,15);1H/t9-;/m0./s1. The summed E-state index contributed by atoms with van der Waals surface area (Å²) in [6.07, 6.45) is 0.195. The van der Waals surface area contributed by atoms with Crippen molar-refractivity contribution in [3.05, 3.63) is 34.3 Å². The summed E-state index contributed by atoms with van der Waals surface area (Å²) in [5.74, 6) is -1.06. The van der Waals surface area contributed by atoms with Gasteiger partial charge >= 0.3 is 5.97 Å². The van der Waals surface area contributed by atoms with Gasteiger partial charge in [0.25, 0.3) is 0 Å². The summed E-state index contributed by atoms with van der Waals surface area (Å²) in [5.41, 5.74) is 6.43. The minimum atomic E-state index is -1.06. The van der Waals surface area contributed by atoms with Crippen LogP contribution in [0.3, 0.4) is 0 Å². The number of carbonyl (C=O) groups is 1. The fourth-order valence-corrected chi connectivity index (χ4v) is 1.36. The highest BCUT2D eigenvalue weighted by Gasteiger charge is 2.12. The lowest BCUT2D eigenvalue weighted by Gasteiger charge is -2.06. The number of carboxylic acids is 1. The van der Waals surface area contributed by atoms with E-state index in [2.05, 4.69) is 0 Å². The van der Waals surface area contributed by atoms with Crippen LogP contribution in [0.15, 0.2) is 18.2 Å². The van der Waals surface area contributed by atoms with Crippen molar-refractivity contribution in [2.45, 2.75) is 12.5 Å². The Balaban J connectivity index is 0.00000225. The van der Waals surface area contributed by atoms with Gasteiger partial charge in [-0.25, -0.2) is 0 Å². The zero-order valence-corrected chi connectivity index (χ0v) is 9.76. The zero-order valence-electron chi connectivity index (χ0n) is 8.18. The molecule has 0 saturated heterocycles. The van der Waals surface area contributed by atoms with Gasteiger partial charge in [-0.2, -0.15) is 5.26 Å². The van der Waals surface area contributed by atoms with E-state index < -0.39 is 12.0 Å². The summed E-state index contributed by atoms with van der Waals surface area (Å²) in [7, 11) is 0. The smallest absolute Gasteiger partial charge is 0.320 e. The first kappa shape index (κ1) is 14.7. The second-order valence-electron chi connectivity index (χ2n) is 3.07. The predicted molar refractivity (Wildman–Crippen MR) is 62.7 cm³/mol. The maximum absolute atomic E-state index is 10.5. The highest BCUT2D eigenvalue weighted by atomic mass is 35.5. The van der Waals surface area contributed by atoms with E-state index in [0.29, 0.717) is 16.1 Å². The molecule has 0 bridgehead atoms. The Labute approximate surface area is 104 Å². The van der Waals surface area contributed by atoms with Crippen molar-refractivity contribution in [1.29, 1.82) is 5.26 Å². The van der Waals surface area contributed by atoms with Crippen LogP contribution in [0.5, 0.6) is 0 Å². The van der Waals surface area contributed by atoms with E-state index in [0.717, 1.165) is 0 Å². The van der Waals surface area contributed by atoms with Gasteiger partial charge in [-0.15, -0.1) is 12.4 Å². The second-order valence-corrected chi connectivity index (χ2v) is 3.48. The largest absolute Gasteiger partial charge is 0.480 e. The summed E-state index contributed by atoms with van der Waals surface area (Å²) in [6, 6.07) is 5.72. The third-order valence-electron chi connectivity index (χ3n) is 1.93. The Hall–Kier alpha value is -1.28. The average molecular weight is 261 g/mol. The van der Waals surface area contributed by atoms with Crippen molar-refractivity contribution in [2.24, 2.45) is 5.73 Å². The fourth-order valence-electron chi connectivity index (χ4n) is 1.12. The number of hydrogen-bond donors (Lipinski definition) is 2. The molecule has 0 aromatic heterocycles. The molecule has 16 heavy (non-hydrogen) atoms. The third-order valence-corrected chi connectivity index (χ3v) is 2.24. The van der Waals surface area contributed by atoms with Crippen molar-refractivity contribution < 1.29 is 9.90 Å². The first-order valence-electron chi connectivity index (χ1n) is 4.21. The van der Waals surface area contributed by atoms with E-state index in [1.165, 1.54) is 0 Å². The van der Waals surface area contributed by atoms with Crippen LogP contribution in [0, 0.1) is 11.3 Å². The van der Waals surface area contributed by atoms with E-state index in [1.807, 2.05) is 6.07 Å². The van der Waals surface area contributed by atoms with Gasteiger partial charge in [-0.1, -0.05) is 17.7 Å². The molecular weight excluding hydrogens is 251 g/mol. The Kier molecular flexibility index (Phi) is 5.83. The van der Waals surface area contributed by atoms with Gasteiger partial charge in [-0.05, 0) is 24.1 Å². The van der Waals surface area contributed by atoms with Gasteiger partial charge in [-0.3, -0.25) is 4.79 Å². The summed E-state index contributed by atoms with van der Waals surface area (Å²) >= 11 is 5.78. The van der Waals surface area contributed by atoms with Gasteiger partial charge < -0.3 is 10.8 Å². The highest BCUT2D eigenvalue weighted by molar-refractivity contribution is 6.31. The van der Waals surface area contributed by atoms with Crippen LogP contribution in [-0.2, 0) is 11.2 Å². The van der Waals surface area contributed by atoms with E-state index in [1.54, 1.807) is 18.2 Å². The molecule has 1 aromatic carbocycles. The molecule has 1 atom stereocenters. The molecule has 0 aliphatic heterocycles. The minimum Gasteiger partial charge on any atom is -0.480 e. The number of nitriles is 1. The van der Waals surface area contributed by atoms with E-state index in [-0.39, 0.29) is 18.8 Å². The molecule has 0 amide bonds. The summed E-state index contributed by atoms with van der Waals surface area (Å²) in [6.45, 7) is 0. The maximum Gasteiger partial charge on any atom is 0.320 e. The molecule has 4 nitrogen and oxygen atoms in total. The van der Waals surface area contributed by atoms with Crippen LogP contribution in [0.4, 0.5) is 0 Å². The Morgan fingerprint density at radius 2 is 2.25 bits per heavy atom. The lowest BCUT2D eigenvalue weighted by Crippen LogP contribution is -2.32. The zero-order chi connectivity index (χ0) is 11.4. The molecule has 86 valence electrons. The molecule has 0 aliphatic carbocycles. The first-order valence-corrected chi connectivity index (χ1v) is 4.59. The Morgan fingerprint density at radius 3 is 2.69 bits per heavy atom. The van der Waals surface area contributed by atoms with Crippen molar-refractivity contribution in [3.8, 4) is 6.07 Å². The number of benzene rings is 1. The maximum atomic E-state index is 10.5. The van der Waals surface area contributed by atoms with Gasteiger partial charge in [0, 0.05) is 0 Å². The number of carboxylic acid groups (broad SMARTS) is 1. The molecule has 0 spiro atoms. The van der Waals surface area contributed by atoms with E-state index in [9.17, 15) is 4.79 Å².